The van der Waals surface area contributed by atoms with E-state index in [0.717, 1.165) is 0 Å². The molecule has 0 saturated carbocycles. The summed E-state index contributed by atoms with van der Waals surface area (Å²) in [5, 5.41) is 5.95. The van der Waals surface area contributed by atoms with Crippen LogP contribution in [-0.2, 0) is 0 Å². The molecule has 1 N–H and O–H groups in total. The van der Waals surface area contributed by atoms with Crippen LogP contribution in [0.2, 0.25) is 0 Å². The molecule has 0 aromatic heterocycles. The van der Waals surface area contributed by atoms with Crippen LogP contribution in [0.5, 0.6) is 0 Å². The number of nitrogens with one attached hydrogen (secondary N) is 1. The van der Waals surface area contributed by atoms with Gasteiger partial charge in [0.2, 0.25) is 0 Å². The van der Waals surface area contributed by atoms with Crippen LogP contribution in [0.3, 0.4) is 0 Å². The molecule has 0 aliphatic carbocycles. The van der Waals surface area contributed by atoms with Crippen molar-refractivity contribution in [3.8, 4) is 0 Å². The summed E-state index contributed by atoms with van der Waals surface area (Å²) in [6.07, 6.45) is 0. The first-order valence-electron chi connectivity index (χ1n) is 1.06. The van der Waals surface area contributed by atoms with Gasteiger partial charge in [-0.1, -0.05) is 0 Å². The average molecular weight is 74.1 g/mol. The summed E-state index contributed by atoms with van der Waals surface area (Å²) in [5.41, 5.74) is 0. The predicted molar refractivity (Wildman–Crippen MR) is 16.1 cm³/mol. The Hall–Kier alpha value is -0.690. The zero-order chi connectivity index (χ0) is 4.12. The van der Waals surface area contributed by atoms with Gasteiger partial charge < -0.3 is 0 Å². The van der Waals surface area contributed by atoms with Gasteiger partial charge in [-0.3, -0.25) is 0 Å². The van der Waals surface area contributed by atoms with E-state index in [2.05, 4.69) is 4.99 Å². The normalized spacial score (nSPS) is 5.80. The summed E-state index contributed by atoms with van der Waals surface area (Å²) in [5.74, 6) is 0. The number of aliphatic imine (C=N–C) groups is 1. The van der Waals surface area contributed by atoms with E-state index in [9.17, 15) is 4.39 Å². The van der Waals surface area contributed by atoms with E-state index in [0.29, 0.717) is 0 Å². The predicted octanol–water partition coefficient (Wildman–Crippen LogP) is 0.666. The van der Waals surface area contributed by atoms with Gasteiger partial charge >= 0.3 is 0 Å². The maximum Gasteiger partial charge on any atom is 0.190 e. The fraction of sp³-hybridized carbons (Fsp3) is 0.500. The number of alkyl halides is 1. The minimum Gasteiger partial charge on any atom is -0.241 e. The van der Waals surface area contributed by atoms with Gasteiger partial charge in [0.25, 0.3) is 0 Å². The Labute approximate surface area is 28.9 Å². The first-order chi connectivity index (χ1) is 2.41. The van der Waals surface area contributed by atoms with Crippen molar-refractivity contribution in [2.45, 2.75) is 0 Å². The van der Waals surface area contributed by atoms with Gasteiger partial charge in [0.05, 0.1) is 6.01 Å². The van der Waals surface area contributed by atoms with Crippen LogP contribution < -0.4 is 0 Å². The van der Waals surface area contributed by atoms with Crippen molar-refractivity contribution >= 4 is 6.01 Å². The summed E-state index contributed by atoms with van der Waals surface area (Å²) >= 11 is 0. The van der Waals surface area contributed by atoms with Crippen LogP contribution in [-0.4, -0.2) is 12.8 Å². The fourth-order valence-corrected chi connectivity index (χ4v) is 0.0299. The molecule has 0 rings (SSSR count). The first-order valence-corrected chi connectivity index (χ1v) is 1.06. The molecule has 0 aromatic carbocycles. The van der Waals surface area contributed by atoms with Crippen LogP contribution in [0.25, 0.3) is 0 Å². The fourth-order valence-electron chi connectivity index (χ4n) is 0.0299. The van der Waals surface area contributed by atoms with Crippen LogP contribution in [0.1, 0.15) is 0 Å². The second kappa shape index (κ2) is 3.31. The molecule has 0 radical (unpaired) electrons. The maximum absolute atomic E-state index is 10.6. The van der Waals surface area contributed by atoms with E-state index in [4.69, 9.17) is 5.41 Å². The Morgan fingerprint density at radius 3 is 2.60 bits per heavy atom. The second-order valence-electron chi connectivity index (χ2n) is 0.389. The number of hydrogen-bond acceptors (Lipinski definition) is 2. The van der Waals surface area contributed by atoms with E-state index < -0.39 is 6.80 Å². The van der Waals surface area contributed by atoms with Crippen molar-refractivity contribution in [3.05, 3.63) is 0 Å². The van der Waals surface area contributed by atoms with Crippen molar-refractivity contribution in [2.24, 2.45) is 4.99 Å². The summed E-state index contributed by atoms with van der Waals surface area (Å²) in [6.45, 7) is -0.830. The molecule has 0 aliphatic heterocycles. The van der Waals surface area contributed by atoms with Crippen LogP contribution in [0.4, 0.5) is 4.39 Å². The molecule has 0 saturated heterocycles. The highest BCUT2D eigenvalue weighted by Gasteiger charge is 1.53. The molecular formula is C2H3FN2. The lowest BCUT2D eigenvalue weighted by Crippen LogP contribution is -1.54. The van der Waals surface area contributed by atoms with Crippen LogP contribution in [0.15, 0.2) is 4.99 Å². The molecule has 2 nitrogen and oxygen atoms in total. The van der Waals surface area contributed by atoms with Crippen molar-refractivity contribution < 1.29 is 4.39 Å². The van der Waals surface area contributed by atoms with E-state index in [1.807, 2.05) is 0 Å². The minimum absolute atomic E-state index is 0.830. The van der Waals surface area contributed by atoms with Crippen LogP contribution >= 0.6 is 0 Å². The van der Waals surface area contributed by atoms with Gasteiger partial charge in [-0.2, -0.15) is 4.99 Å². The molecule has 0 aliphatic rings. The molecule has 0 fully saturated rings. The Morgan fingerprint density at radius 2 is 2.60 bits per heavy atom. The van der Waals surface area contributed by atoms with E-state index in [-0.39, 0.29) is 0 Å². The molecule has 28 valence electrons. The lowest BCUT2D eigenvalue weighted by atomic mass is 11.3. The largest absolute Gasteiger partial charge is 0.241 e. The zero-order valence-electron chi connectivity index (χ0n) is 2.53. The quantitative estimate of drug-likeness (QED) is 0.350. The summed E-state index contributed by atoms with van der Waals surface area (Å²) in [4.78, 5) is 2.72. The number of hydrogen-bond donors (Lipinski definition) is 1. The molecule has 0 spiro atoms. The topological polar surface area (TPSA) is 36.2 Å². The third-order valence-electron chi connectivity index (χ3n) is 0.139. The Balaban J connectivity index is 2.93. The number of halogens is 1. The third kappa shape index (κ3) is 3.31. The highest BCUT2D eigenvalue weighted by molar-refractivity contribution is 5.35. The smallest absolute Gasteiger partial charge is 0.190 e. The molecule has 3 heteroatoms. The van der Waals surface area contributed by atoms with Gasteiger partial charge in [0, 0.05) is 0 Å². The molecule has 0 bridgehead atoms. The van der Waals surface area contributed by atoms with E-state index in [1.54, 1.807) is 0 Å². The SMILES string of the molecule is N=C=NCF. The highest BCUT2D eigenvalue weighted by atomic mass is 19.1. The van der Waals surface area contributed by atoms with Gasteiger partial charge in [-0.25, -0.2) is 9.80 Å². The molecule has 0 heterocycles. The highest BCUT2D eigenvalue weighted by Crippen LogP contribution is 1.59. The molecule has 0 unspecified atom stereocenters. The molecule has 0 atom stereocenters. The summed E-state index contributed by atoms with van der Waals surface area (Å²) in [7, 11) is 0. The van der Waals surface area contributed by atoms with E-state index in [1.165, 1.54) is 6.01 Å². The lowest BCUT2D eigenvalue weighted by Gasteiger charge is -1.57. The monoisotopic (exact) mass is 74.0 g/mol. The van der Waals surface area contributed by atoms with Crippen molar-refractivity contribution in [3.63, 3.8) is 0 Å². The Kier molecular flexibility index (Phi) is 2.85. The van der Waals surface area contributed by atoms with Gasteiger partial charge in [0.1, 0.15) is 0 Å². The van der Waals surface area contributed by atoms with Crippen molar-refractivity contribution in [1.82, 2.24) is 0 Å². The van der Waals surface area contributed by atoms with Gasteiger partial charge in [0.15, 0.2) is 6.80 Å². The lowest BCUT2D eigenvalue weighted by molar-refractivity contribution is 0.514. The summed E-state index contributed by atoms with van der Waals surface area (Å²) < 4.78 is 10.6. The first kappa shape index (κ1) is 4.31. The van der Waals surface area contributed by atoms with Gasteiger partial charge in [-0.05, 0) is 0 Å². The Bertz CT molecular complexity index is 54.7. The van der Waals surface area contributed by atoms with E-state index >= 15 is 0 Å². The molecule has 0 aromatic rings. The van der Waals surface area contributed by atoms with Gasteiger partial charge in [-0.15, -0.1) is 0 Å². The zero-order valence-corrected chi connectivity index (χ0v) is 2.53. The molecule has 0 amide bonds. The standard InChI is InChI=1S/C2H3FN2/c3-1-5-2-4/h4H,1H2. The third-order valence-corrected chi connectivity index (χ3v) is 0.139. The van der Waals surface area contributed by atoms with Crippen LogP contribution in [0, 0.1) is 5.41 Å². The Morgan fingerprint density at radius 1 is 2.00 bits per heavy atom. The molecular weight excluding hydrogens is 71.0 g/mol. The molecule has 5 heavy (non-hydrogen) atoms. The van der Waals surface area contributed by atoms with Crippen molar-refractivity contribution in [1.29, 1.82) is 5.41 Å². The summed E-state index contributed by atoms with van der Waals surface area (Å²) in [6, 6.07) is 1.52. The number of rotatable bonds is 1. The maximum atomic E-state index is 10.6. The minimum atomic E-state index is -0.830. The second-order valence-corrected chi connectivity index (χ2v) is 0.389. The number of nitrogens with zero attached hydrogens (tertiary/aromatic N) is 1. The average Bonchev–Trinajstić information content (AvgIpc) is 1.41. The van der Waals surface area contributed by atoms with Crippen molar-refractivity contribution in [2.75, 3.05) is 6.80 Å².